The van der Waals surface area contributed by atoms with Crippen LogP contribution in [0.25, 0.3) is 0 Å². The number of benzene rings is 1. The van der Waals surface area contributed by atoms with Crippen LogP contribution in [0.3, 0.4) is 0 Å². The predicted molar refractivity (Wildman–Crippen MR) is 101 cm³/mol. The minimum Gasteiger partial charge on any atom is -0.352 e. The van der Waals surface area contributed by atoms with E-state index in [-0.39, 0.29) is 24.9 Å². The van der Waals surface area contributed by atoms with Crippen molar-refractivity contribution in [3.8, 4) is 0 Å². The molecule has 0 unspecified atom stereocenters. The highest BCUT2D eigenvalue weighted by molar-refractivity contribution is 7.88. The number of amides is 1. The van der Waals surface area contributed by atoms with E-state index in [1.54, 1.807) is 4.31 Å². The van der Waals surface area contributed by atoms with Gasteiger partial charge in [-0.3, -0.25) is 4.79 Å². The summed E-state index contributed by atoms with van der Waals surface area (Å²) in [5.74, 6) is -0.106. The van der Waals surface area contributed by atoms with Crippen LogP contribution in [0.1, 0.15) is 56.1 Å². The van der Waals surface area contributed by atoms with Gasteiger partial charge in [0.15, 0.2) is 0 Å². The Hall–Kier alpha value is -1.40. The lowest BCUT2D eigenvalue weighted by atomic mass is 10.1. The van der Waals surface area contributed by atoms with Gasteiger partial charge in [0.2, 0.25) is 15.9 Å². The van der Waals surface area contributed by atoms with E-state index in [1.807, 2.05) is 31.2 Å². The van der Waals surface area contributed by atoms with Gasteiger partial charge >= 0.3 is 0 Å². The number of rotatable bonds is 7. The fourth-order valence-corrected chi connectivity index (χ4v) is 4.64. The van der Waals surface area contributed by atoms with E-state index >= 15 is 0 Å². The molecule has 1 aliphatic rings. The summed E-state index contributed by atoms with van der Waals surface area (Å²) in [5.41, 5.74) is 2.22. The molecule has 1 saturated carbocycles. The minimum atomic E-state index is -3.30. The number of aryl methyl sites for hydroxylation is 1. The zero-order valence-electron chi connectivity index (χ0n) is 15.3. The van der Waals surface area contributed by atoms with Crippen molar-refractivity contribution in [2.24, 2.45) is 0 Å². The zero-order chi connectivity index (χ0) is 18.3. The second-order valence-corrected chi connectivity index (χ2v) is 8.91. The smallest absolute Gasteiger partial charge is 0.221 e. The number of nitrogens with one attached hydrogen (secondary N) is 1. The van der Waals surface area contributed by atoms with Crippen LogP contribution in [0.4, 0.5) is 0 Å². The van der Waals surface area contributed by atoms with E-state index in [9.17, 15) is 13.2 Å². The first-order chi connectivity index (χ1) is 11.9. The van der Waals surface area contributed by atoms with Gasteiger partial charge in [-0.05, 0) is 30.9 Å². The molecule has 140 valence electrons. The first-order valence-corrected chi connectivity index (χ1v) is 11.0. The van der Waals surface area contributed by atoms with Crippen molar-refractivity contribution < 1.29 is 13.2 Å². The average molecular weight is 367 g/mol. The van der Waals surface area contributed by atoms with Crippen LogP contribution in [0.2, 0.25) is 0 Å². The first-order valence-electron chi connectivity index (χ1n) is 9.16. The lowest BCUT2D eigenvalue weighted by Crippen LogP contribution is -2.41. The Bertz CT molecular complexity index is 665. The summed E-state index contributed by atoms with van der Waals surface area (Å²) in [6.07, 6.45) is 7.73. The molecule has 1 aliphatic carbocycles. The number of carbonyl (C=O) groups is 1. The molecule has 0 saturated heterocycles. The molecule has 0 bridgehead atoms. The van der Waals surface area contributed by atoms with E-state index in [4.69, 9.17) is 0 Å². The summed E-state index contributed by atoms with van der Waals surface area (Å²) >= 11 is 0. The standard InChI is InChI=1S/C19H30N2O3S/c1-16-9-7-8-10-17(16)15-20-19(22)13-14-21(25(2,23)24)18-11-5-3-4-6-12-18/h7-10,18H,3-6,11-15H2,1-2H3,(H,20,22). The molecule has 1 amide bonds. The lowest BCUT2D eigenvalue weighted by molar-refractivity contribution is -0.121. The maximum atomic E-state index is 12.2. The average Bonchev–Trinajstić information content (AvgIpc) is 2.82. The van der Waals surface area contributed by atoms with Gasteiger partial charge in [0.05, 0.1) is 6.26 Å². The van der Waals surface area contributed by atoms with Crippen LogP contribution in [0.15, 0.2) is 24.3 Å². The Labute approximate surface area is 151 Å². The molecule has 1 fully saturated rings. The van der Waals surface area contributed by atoms with Gasteiger partial charge in [0.25, 0.3) is 0 Å². The molecule has 0 spiro atoms. The number of carbonyl (C=O) groups excluding carboxylic acids is 1. The maximum Gasteiger partial charge on any atom is 0.221 e. The molecule has 0 aliphatic heterocycles. The zero-order valence-corrected chi connectivity index (χ0v) is 16.1. The summed E-state index contributed by atoms with van der Waals surface area (Å²) < 4.78 is 25.9. The van der Waals surface area contributed by atoms with Crippen LogP contribution in [-0.4, -0.2) is 37.5 Å². The molecule has 25 heavy (non-hydrogen) atoms. The maximum absolute atomic E-state index is 12.2. The quantitative estimate of drug-likeness (QED) is 0.755. The Morgan fingerprint density at radius 1 is 1.16 bits per heavy atom. The summed E-state index contributed by atoms with van der Waals surface area (Å²) in [4.78, 5) is 12.2. The summed E-state index contributed by atoms with van der Waals surface area (Å²) in [6, 6.07) is 7.97. The summed E-state index contributed by atoms with van der Waals surface area (Å²) in [6.45, 7) is 2.76. The Kier molecular flexibility index (Phi) is 7.44. The molecule has 0 atom stereocenters. The number of sulfonamides is 1. The van der Waals surface area contributed by atoms with E-state index in [0.29, 0.717) is 6.54 Å². The van der Waals surface area contributed by atoms with Crippen molar-refractivity contribution >= 4 is 15.9 Å². The Morgan fingerprint density at radius 2 is 1.80 bits per heavy atom. The van der Waals surface area contributed by atoms with Crippen LogP contribution in [-0.2, 0) is 21.4 Å². The van der Waals surface area contributed by atoms with Crippen LogP contribution in [0.5, 0.6) is 0 Å². The van der Waals surface area contributed by atoms with E-state index in [1.165, 1.54) is 19.1 Å². The summed E-state index contributed by atoms with van der Waals surface area (Å²) in [7, 11) is -3.30. The van der Waals surface area contributed by atoms with Crippen LogP contribution in [0, 0.1) is 6.92 Å². The van der Waals surface area contributed by atoms with Gasteiger partial charge in [0.1, 0.15) is 0 Å². The van der Waals surface area contributed by atoms with Crippen molar-refractivity contribution in [1.82, 2.24) is 9.62 Å². The molecule has 0 aromatic heterocycles. The van der Waals surface area contributed by atoms with Crippen LogP contribution >= 0.6 is 0 Å². The Morgan fingerprint density at radius 3 is 2.40 bits per heavy atom. The third-order valence-corrected chi connectivity index (χ3v) is 6.29. The molecular weight excluding hydrogens is 336 g/mol. The topological polar surface area (TPSA) is 66.5 Å². The Balaban J connectivity index is 1.89. The SMILES string of the molecule is Cc1ccccc1CNC(=O)CCN(C1CCCCCC1)S(C)(=O)=O. The van der Waals surface area contributed by atoms with E-state index < -0.39 is 10.0 Å². The van der Waals surface area contributed by atoms with Gasteiger partial charge in [0, 0.05) is 25.6 Å². The van der Waals surface area contributed by atoms with Crippen molar-refractivity contribution in [1.29, 1.82) is 0 Å². The van der Waals surface area contributed by atoms with E-state index in [0.717, 1.165) is 36.8 Å². The second kappa shape index (κ2) is 9.34. The molecule has 1 N–H and O–H groups in total. The lowest BCUT2D eigenvalue weighted by Gasteiger charge is -2.28. The third-order valence-electron chi connectivity index (χ3n) is 4.95. The normalized spacial score (nSPS) is 16.6. The predicted octanol–water partition coefficient (Wildman–Crippen LogP) is 2.99. The molecule has 0 radical (unpaired) electrons. The van der Waals surface area contributed by atoms with Crippen molar-refractivity contribution in [2.45, 2.75) is 64.5 Å². The second-order valence-electron chi connectivity index (χ2n) is 6.97. The highest BCUT2D eigenvalue weighted by Gasteiger charge is 2.27. The largest absolute Gasteiger partial charge is 0.352 e. The van der Waals surface area contributed by atoms with Crippen molar-refractivity contribution in [2.75, 3.05) is 12.8 Å². The first kappa shape index (κ1) is 19.9. The van der Waals surface area contributed by atoms with Gasteiger partial charge in [-0.15, -0.1) is 0 Å². The summed E-state index contributed by atoms with van der Waals surface area (Å²) in [5, 5.41) is 2.90. The van der Waals surface area contributed by atoms with Gasteiger partial charge in [-0.1, -0.05) is 49.9 Å². The number of hydrogen-bond acceptors (Lipinski definition) is 3. The molecule has 0 heterocycles. The highest BCUT2D eigenvalue weighted by Crippen LogP contribution is 2.23. The highest BCUT2D eigenvalue weighted by atomic mass is 32.2. The molecule has 1 aromatic rings. The van der Waals surface area contributed by atoms with Gasteiger partial charge in [-0.2, -0.15) is 4.31 Å². The van der Waals surface area contributed by atoms with Crippen molar-refractivity contribution in [3.63, 3.8) is 0 Å². The molecule has 2 rings (SSSR count). The number of hydrogen-bond donors (Lipinski definition) is 1. The molecule has 5 nitrogen and oxygen atoms in total. The third kappa shape index (κ3) is 6.44. The molecule has 6 heteroatoms. The fourth-order valence-electron chi connectivity index (χ4n) is 3.47. The minimum absolute atomic E-state index is 0.0432. The monoisotopic (exact) mass is 366 g/mol. The van der Waals surface area contributed by atoms with Gasteiger partial charge in [-0.25, -0.2) is 8.42 Å². The molecular formula is C19H30N2O3S. The fraction of sp³-hybridized carbons (Fsp3) is 0.632. The van der Waals surface area contributed by atoms with Crippen LogP contribution < -0.4 is 5.32 Å². The van der Waals surface area contributed by atoms with Crippen molar-refractivity contribution in [3.05, 3.63) is 35.4 Å². The van der Waals surface area contributed by atoms with E-state index in [2.05, 4.69) is 5.32 Å². The van der Waals surface area contributed by atoms with Gasteiger partial charge < -0.3 is 5.32 Å². The molecule has 1 aromatic carbocycles. The number of nitrogens with zero attached hydrogens (tertiary/aromatic N) is 1.